The maximum absolute atomic E-state index is 2.45. The molecule has 0 aliphatic carbocycles. The molecule has 2 rings (SSSR count). The minimum atomic E-state index is -0.00769. The first-order chi connectivity index (χ1) is 8.40. The Hall–Kier alpha value is -1.09. The summed E-state index contributed by atoms with van der Waals surface area (Å²) in [5.41, 5.74) is 2.84. The van der Waals surface area contributed by atoms with E-state index in [1.54, 1.807) is 0 Å². The number of benzene rings is 2. The van der Waals surface area contributed by atoms with E-state index in [4.69, 9.17) is 0 Å². The lowest BCUT2D eigenvalue weighted by molar-refractivity contribution is -0.556. The Morgan fingerprint density at radius 3 is 2.12 bits per heavy atom. The summed E-state index contributed by atoms with van der Waals surface area (Å²) in [4.78, 5) is 0. The van der Waals surface area contributed by atoms with E-state index in [0.717, 1.165) is 6.42 Å². The summed E-state index contributed by atoms with van der Waals surface area (Å²) in [5, 5.41) is 0. The molecule has 0 bridgehead atoms. The lowest BCUT2D eigenvalue weighted by atomic mass is 10.1. The topological polar surface area (TPSA) is 0 Å². The van der Waals surface area contributed by atoms with Gasteiger partial charge in [0, 0.05) is 5.57 Å². The van der Waals surface area contributed by atoms with Crippen LogP contribution in [0.3, 0.4) is 0 Å². The summed E-state index contributed by atoms with van der Waals surface area (Å²) in [6.07, 6.45) is 1.11. The Labute approximate surface area is 114 Å². The van der Waals surface area contributed by atoms with Crippen LogP contribution in [-0.4, -0.2) is 0 Å². The fourth-order valence-corrected chi connectivity index (χ4v) is 3.98. The van der Waals surface area contributed by atoms with Gasteiger partial charge in [-0.3, -0.25) is 0 Å². The molecule has 0 nitrogen and oxygen atoms in total. The standard InChI is InChI=1S/C16H16I/c1-2-14(15-9-5-3-6-10-15)13-17-16-11-7-4-8-12-16/h3-13H,2H2,1H3/q+1/b14-13-. The minimum Gasteiger partial charge on any atom is -0.0622 e. The number of halogens is 1. The van der Waals surface area contributed by atoms with E-state index in [1.807, 2.05) is 0 Å². The predicted molar refractivity (Wildman–Crippen MR) is 69.8 cm³/mol. The van der Waals surface area contributed by atoms with E-state index in [0.29, 0.717) is 0 Å². The molecule has 0 spiro atoms. The Kier molecular flexibility index (Phi) is 4.80. The smallest absolute Gasteiger partial charge is 0.0622 e. The van der Waals surface area contributed by atoms with Crippen molar-refractivity contribution >= 4 is 5.57 Å². The van der Waals surface area contributed by atoms with E-state index in [2.05, 4.69) is 71.7 Å². The first-order valence-corrected chi connectivity index (χ1v) is 8.15. The molecular formula is C16H16I+. The third kappa shape index (κ3) is 3.70. The van der Waals surface area contributed by atoms with Crippen LogP contribution >= 0.6 is 0 Å². The van der Waals surface area contributed by atoms with E-state index >= 15 is 0 Å². The van der Waals surface area contributed by atoms with Crippen molar-refractivity contribution in [2.45, 2.75) is 13.3 Å². The average molecular weight is 335 g/mol. The molecule has 2 aromatic carbocycles. The summed E-state index contributed by atoms with van der Waals surface area (Å²) >= 11 is -0.00769. The Balaban J connectivity index is 2.14. The van der Waals surface area contributed by atoms with Gasteiger partial charge in [0.1, 0.15) is 0 Å². The van der Waals surface area contributed by atoms with Crippen LogP contribution in [0.5, 0.6) is 0 Å². The summed E-state index contributed by atoms with van der Waals surface area (Å²) in [5.74, 6) is 0. The van der Waals surface area contributed by atoms with Crippen molar-refractivity contribution in [2.75, 3.05) is 0 Å². The van der Waals surface area contributed by atoms with Crippen molar-refractivity contribution in [3.8, 4) is 0 Å². The van der Waals surface area contributed by atoms with Crippen LogP contribution in [-0.2, 0) is 0 Å². The third-order valence-electron chi connectivity index (χ3n) is 2.57. The molecule has 86 valence electrons. The van der Waals surface area contributed by atoms with Crippen molar-refractivity contribution in [2.24, 2.45) is 0 Å². The molecule has 2 aromatic rings. The Morgan fingerprint density at radius 1 is 0.941 bits per heavy atom. The zero-order chi connectivity index (χ0) is 11.9. The second-order valence-corrected chi connectivity index (χ2v) is 6.25. The number of hydrogen-bond acceptors (Lipinski definition) is 0. The molecule has 0 N–H and O–H groups in total. The monoisotopic (exact) mass is 335 g/mol. The molecule has 0 aromatic heterocycles. The van der Waals surface area contributed by atoms with Crippen molar-refractivity contribution in [1.82, 2.24) is 0 Å². The zero-order valence-corrected chi connectivity index (χ0v) is 12.1. The molecule has 0 saturated carbocycles. The molecule has 0 fully saturated rings. The van der Waals surface area contributed by atoms with Gasteiger partial charge in [-0.05, 0) is 24.1 Å². The van der Waals surface area contributed by atoms with Crippen LogP contribution in [0.1, 0.15) is 18.9 Å². The highest BCUT2D eigenvalue weighted by Crippen LogP contribution is 2.14. The zero-order valence-electron chi connectivity index (χ0n) is 9.94. The van der Waals surface area contributed by atoms with Gasteiger partial charge in [0.15, 0.2) is 7.65 Å². The number of rotatable bonds is 4. The minimum absolute atomic E-state index is 0.00769. The van der Waals surface area contributed by atoms with Crippen LogP contribution < -0.4 is 21.2 Å². The van der Waals surface area contributed by atoms with Crippen LogP contribution in [0.2, 0.25) is 0 Å². The fraction of sp³-hybridized carbons (Fsp3) is 0.125. The summed E-state index contributed by atoms with van der Waals surface area (Å²) in [6.45, 7) is 2.23. The van der Waals surface area contributed by atoms with Crippen molar-refractivity contribution in [1.29, 1.82) is 0 Å². The molecule has 0 aliphatic heterocycles. The second-order valence-electron chi connectivity index (χ2n) is 3.76. The van der Waals surface area contributed by atoms with Crippen LogP contribution in [0, 0.1) is 3.57 Å². The van der Waals surface area contributed by atoms with Gasteiger partial charge >= 0.3 is 21.2 Å². The summed E-state index contributed by atoms with van der Waals surface area (Å²) in [7, 11) is 0. The molecule has 0 atom stereocenters. The van der Waals surface area contributed by atoms with E-state index < -0.39 is 0 Å². The number of hydrogen-bond donors (Lipinski definition) is 0. The Bertz CT molecular complexity index is 471. The van der Waals surface area contributed by atoms with Gasteiger partial charge in [-0.15, -0.1) is 0 Å². The van der Waals surface area contributed by atoms with Gasteiger partial charge in [-0.1, -0.05) is 55.5 Å². The first kappa shape index (κ1) is 12.4. The molecule has 0 unspecified atom stereocenters. The molecule has 0 saturated heterocycles. The maximum atomic E-state index is 2.45. The molecule has 17 heavy (non-hydrogen) atoms. The van der Waals surface area contributed by atoms with Crippen molar-refractivity contribution < 1.29 is 21.2 Å². The van der Waals surface area contributed by atoms with Crippen LogP contribution in [0.15, 0.2) is 64.7 Å². The predicted octanol–water partition coefficient (Wildman–Crippen LogP) is 1.40. The quantitative estimate of drug-likeness (QED) is 0.741. The van der Waals surface area contributed by atoms with E-state index in [-0.39, 0.29) is 21.2 Å². The summed E-state index contributed by atoms with van der Waals surface area (Å²) in [6, 6.07) is 21.5. The largest absolute Gasteiger partial charge is 0.349 e. The average Bonchev–Trinajstić information content (AvgIpc) is 2.42. The van der Waals surface area contributed by atoms with Gasteiger partial charge in [0.25, 0.3) is 0 Å². The van der Waals surface area contributed by atoms with Crippen molar-refractivity contribution in [3.05, 3.63) is 73.9 Å². The molecule has 0 amide bonds. The molecule has 0 heterocycles. The fourth-order valence-electron chi connectivity index (χ4n) is 1.61. The van der Waals surface area contributed by atoms with Gasteiger partial charge in [0.05, 0.1) is 0 Å². The first-order valence-electron chi connectivity index (χ1n) is 5.83. The summed E-state index contributed by atoms with van der Waals surface area (Å²) < 4.78 is 3.93. The van der Waals surface area contributed by atoms with E-state index in [1.165, 1.54) is 14.7 Å². The molecule has 0 radical (unpaired) electrons. The lowest BCUT2D eigenvalue weighted by Crippen LogP contribution is -3.59. The van der Waals surface area contributed by atoms with Gasteiger partial charge in [0.2, 0.25) is 0 Å². The lowest BCUT2D eigenvalue weighted by Gasteiger charge is -1.99. The molecule has 1 heteroatoms. The maximum Gasteiger partial charge on any atom is 0.349 e. The van der Waals surface area contributed by atoms with Gasteiger partial charge < -0.3 is 0 Å². The Morgan fingerprint density at radius 2 is 1.53 bits per heavy atom. The van der Waals surface area contributed by atoms with Gasteiger partial charge in [-0.25, -0.2) is 0 Å². The second kappa shape index (κ2) is 6.60. The molecular weight excluding hydrogens is 319 g/mol. The van der Waals surface area contributed by atoms with Crippen LogP contribution in [0.4, 0.5) is 0 Å². The highest BCUT2D eigenvalue weighted by Gasteiger charge is 2.09. The third-order valence-corrected chi connectivity index (χ3v) is 5.07. The SMILES string of the molecule is CC/C(=C/[I+]c1ccccc1)c1ccccc1. The van der Waals surface area contributed by atoms with Crippen LogP contribution in [0.25, 0.3) is 5.57 Å². The van der Waals surface area contributed by atoms with Gasteiger partial charge in [-0.2, -0.15) is 0 Å². The normalized spacial score (nSPS) is 11.5. The van der Waals surface area contributed by atoms with E-state index in [9.17, 15) is 0 Å². The van der Waals surface area contributed by atoms with Crippen molar-refractivity contribution in [3.63, 3.8) is 0 Å². The number of allylic oxidation sites excluding steroid dienone is 1. The highest BCUT2D eigenvalue weighted by atomic mass is 127. The highest BCUT2D eigenvalue weighted by molar-refractivity contribution is 5.63. The molecule has 0 aliphatic rings.